The first kappa shape index (κ1) is 21.8. The van der Waals surface area contributed by atoms with Gasteiger partial charge in [0, 0.05) is 37.9 Å². The largest absolute Gasteiger partial charge is 0.494 e. The molecule has 0 bridgehead atoms. The Balaban J connectivity index is 1.35. The number of hydrogen-bond donors (Lipinski definition) is 1. The Morgan fingerprint density at radius 3 is 2.40 bits per heavy atom. The summed E-state index contributed by atoms with van der Waals surface area (Å²) in [7, 11) is -3.22. The van der Waals surface area contributed by atoms with E-state index in [1.54, 1.807) is 17.0 Å². The van der Waals surface area contributed by atoms with Crippen molar-refractivity contribution in [1.82, 2.24) is 5.32 Å². The van der Waals surface area contributed by atoms with E-state index in [9.17, 15) is 18.0 Å². The molecule has 0 atom stereocenters. The van der Waals surface area contributed by atoms with Crippen LogP contribution >= 0.6 is 0 Å². The molecule has 1 fully saturated rings. The molecule has 0 saturated carbocycles. The maximum absolute atomic E-state index is 12.0. The van der Waals surface area contributed by atoms with Crippen LogP contribution in [0.2, 0.25) is 0 Å². The molecule has 2 amide bonds. The van der Waals surface area contributed by atoms with Crippen molar-refractivity contribution in [2.45, 2.75) is 37.1 Å². The summed E-state index contributed by atoms with van der Waals surface area (Å²) < 4.78 is 28.4. The molecule has 7 nitrogen and oxygen atoms in total. The number of amides is 2. The Labute approximate surface area is 177 Å². The van der Waals surface area contributed by atoms with E-state index in [2.05, 4.69) is 5.32 Å². The summed E-state index contributed by atoms with van der Waals surface area (Å²) in [4.78, 5) is 25.8. The van der Waals surface area contributed by atoms with Crippen molar-refractivity contribution in [2.75, 3.05) is 24.3 Å². The minimum absolute atomic E-state index is 0.0650. The monoisotopic (exact) mass is 430 g/mol. The fourth-order valence-electron chi connectivity index (χ4n) is 3.21. The van der Waals surface area contributed by atoms with Gasteiger partial charge in [-0.15, -0.1) is 0 Å². The minimum atomic E-state index is -3.22. The van der Waals surface area contributed by atoms with Crippen molar-refractivity contribution in [1.29, 1.82) is 0 Å². The van der Waals surface area contributed by atoms with Crippen LogP contribution in [0.1, 0.15) is 31.2 Å². The minimum Gasteiger partial charge on any atom is -0.494 e. The van der Waals surface area contributed by atoms with Gasteiger partial charge in [-0.25, -0.2) is 8.42 Å². The number of benzene rings is 2. The molecule has 2 aromatic carbocycles. The number of hydrogen-bond acceptors (Lipinski definition) is 5. The van der Waals surface area contributed by atoms with Gasteiger partial charge in [-0.05, 0) is 54.8 Å². The first-order valence-electron chi connectivity index (χ1n) is 9.92. The number of sulfone groups is 1. The van der Waals surface area contributed by atoms with Gasteiger partial charge in [0.15, 0.2) is 9.84 Å². The molecule has 0 aromatic heterocycles. The maximum atomic E-state index is 12.0. The maximum Gasteiger partial charge on any atom is 0.227 e. The fourth-order valence-corrected chi connectivity index (χ4v) is 3.84. The lowest BCUT2D eigenvalue weighted by Crippen LogP contribution is -2.24. The zero-order chi connectivity index (χ0) is 21.6. The van der Waals surface area contributed by atoms with Gasteiger partial charge in [-0.3, -0.25) is 9.59 Å². The van der Waals surface area contributed by atoms with Gasteiger partial charge in [0.2, 0.25) is 11.8 Å². The summed E-state index contributed by atoms with van der Waals surface area (Å²) in [5, 5.41) is 2.88. The topological polar surface area (TPSA) is 92.8 Å². The van der Waals surface area contributed by atoms with Crippen LogP contribution in [-0.2, 0) is 26.0 Å². The van der Waals surface area contributed by atoms with E-state index in [1.807, 2.05) is 24.3 Å². The molecule has 1 heterocycles. The predicted octanol–water partition coefficient (Wildman–Crippen LogP) is 2.69. The SMILES string of the molecule is CS(=O)(=O)c1ccc(OCCCC(=O)NCc2ccc(N3CCCC3=O)cc2)cc1. The Kier molecular flexibility index (Phi) is 7.10. The first-order chi connectivity index (χ1) is 14.3. The number of nitrogens with zero attached hydrogens (tertiary/aromatic N) is 1. The van der Waals surface area contributed by atoms with Crippen LogP contribution in [-0.4, -0.2) is 39.6 Å². The molecule has 1 N–H and O–H groups in total. The quantitative estimate of drug-likeness (QED) is 0.618. The zero-order valence-corrected chi connectivity index (χ0v) is 17.8. The fraction of sp³-hybridized carbons (Fsp3) is 0.364. The zero-order valence-electron chi connectivity index (χ0n) is 17.0. The molecular formula is C22H26N2O5S. The summed E-state index contributed by atoms with van der Waals surface area (Å²) in [6, 6.07) is 13.9. The van der Waals surface area contributed by atoms with E-state index < -0.39 is 9.84 Å². The number of carbonyl (C=O) groups excluding carboxylic acids is 2. The number of ether oxygens (including phenoxy) is 1. The first-order valence-corrected chi connectivity index (χ1v) is 11.8. The molecule has 8 heteroatoms. The molecule has 160 valence electrons. The number of nitrogens with one attached hydrogen (secondary N) is 1. The van der Waals surface area contributed by atoms with Crippen LogP contribution in [0.25, 0.3) is 0 Å². The lowest BCUT2D eigenvalue weighted by molar-refractivity contribution is -0.121. The summed E-state index contributed by atoms with van der Waals surface area (Å²) in [5.74, 6) is 0.661. The van der Waals surface area contributed by atoms with Crippen LogP contribution in [0.4, 0.5) is 5.69 Å². The van der Waals surface area contributed by atoms with E-state index in [0.29, 0.717) is 38.2 Å². The van der Waals surface area contributed by atoms with Gasteiger partial charge < -0.3 is 15.0 Å². The summed E-state index contributed by atoms with van der Waals surface area (Å²) >= 11 is 0. The van der Waals surface area contributed by atoms with Crippen LogP contribution in [0.3, 0.4) is 0 Å². The highest BCUT2D eigenvalue weighted by atomic mass is 32.2. The summed E-state index contributed by atoms with van der Waals surface area (Å²) in [6.07, 6.45) is 3.54. The Bertz CT molecular complexity index is 985. The van der Waals surface area contributed by atoms with Crippen molar-refractivity contribution < 1.29 is 22.7 Å². The predicted molar refractivity (Wildman–Crippen MR) is 114 cm³/mol. The van der Waals surface area contributed by atoms with Crippen LogP contribution in [0.15, 0.2) is 53.4 Å². The molecule has 1 aliphatic rings. The van der Waals surface area contributed by atoms with E-state index in [4.69, 9.17) is 4.74 Å². The van der Waals surface area contributed by atoms with Gasteiger partial charge in [0.05, 0.1) is 11.5 Å². The average molecular weight is 431 g/mol. The van der Waals surface area contributed by atoms with Crippen molar-refractivity contribution in [3.8, 4) is 5.75 Å². The van der Waals surface area contributed by atoms with Crippen molar-refractivity contribution in [2.24, 2.45) is 0 Å². The van der Waals surface area contributed by atoms with Gasteiger partial charge in [0.25, 0.3) is 0 Å². The Morgan fingerprint density at radius 2 is 1.80 bits per heavy atom. The summed E-state index contributed by atoms with van der Waals surface area (Å²) in [6.45, 7) is 1.56. The molecule has 0 radical (unpaired) electrons. The van der Waals surface area contributed by atoms with Gasteiger partial charge >= 0.3 is 0 Å². The Hall–Kier alpha value is -2.87. The average Bonchev–Trinajstić information content (AvgIpc) is 3.15. The molecule has 1 saturated heterocycles. The van der Waals surface area contributed by atoms with E-state index >= 15 is 0 Å². The molecule has 2 aromatic rings. The molecule has 30 heavy (non-hydrogen) atoms. The lowest BCUT2D eigenvalue weighted by atomic mass is 10.2. The third kappa shape index (κ3) is 6.06. The number of rotatable bonds is 9. The van der Waals surface area contributed by atoms with Crippen LogP contribution in [0, 0.1) is 0 Å². The smallest absolute Gasteiger partial charge is 0.227 e. The Morgan fingerprint density at radius 1 is 1.10 bits per heavy atom. The second-order valence-corrected chi connectivity index (χ2v) is 9.30. The van der Waals surface area contributed by atoms with E-state index in [0.717, 1.165) is 30.5 Å². The highest BCUT2D eigenvalue weighted by Gasteiger charge is 2.21. The number of anilines is 1. The summed E-state index contributed by atoms with van der Waals surface area (Å²) in [5.41, 5.74) is 1.87. The number of carbonyl (C=O) groups is 2. The second kappa shape index (κ2) is 9.75. The normalized spacial score (nSPS) is 14.0. The highest BCUT2D eigenvalue weighted by molar-refractivity contribution is 7.90. The van der Waals surface area contributed by atoms with Crippen molar-refractivity contribution in [3.63, 3.8) is 0 Å². The van der Waals surface area contributed by atoms with Gasteiger partial charge in [0.1, 0.15) is 5.75 Å². The molecule has 3 rings (SSSR count). The van der Waals surface area contributed by atoms with E-state index in [-0.39, 0.29) is 16.7 Å². The van der Waals surface area contributed by atoms with Gasteiger partial charge in [-0.1, -0.05) is 12.1 Å². The highest BCUT2D eigenvalue weighted by Crippen LogP contribution is 2.21. The molecule has 1 aliphatic heterocycles. The van der Waals surface area contributed by atoms with Gasteiger partial charge in [-0.2, -0.15) is 0 Å². The van der Waals surface area contributed by atoms with Crippen LogP contribution in [0.5, 0.6) is 5.75 Å². The molecular weight excluding hydrogens is 404 g/mol. The van der Waals surface area contributed by atoms with Crippen LogP contribution < -0.4 is 15.0 Å². The third-order valence-electron chi connectivity index (χ3n) is 4.88. The standard InChI is InChI=1S/C22H26N2O5S/c1-30(27,28)20-12-10-19(11-13-20)29-15-3-4-21(25)23-16-17-6-8-18(9-7-17)24-14-2-5-22(24)26/h6-13H,2-5,14-16H2,1H3,(H,23,25). The third-order valence-corrected chi connectivity index (χ3v) is 6.01. The lowest BCUT2D eigenvalue weighted by Gasteiger charge is -2.16. The van der Waals surface area contributed by atoms with Crippen molar-refractivity contribution in [3.05, 3.63) is 54.1 Å². The molecule has 0 aliphatic carbocycles. The molecule has 0 spiro atoms. The van der Waals surface area contributed by atoms with E-state index in [1.165, 1.54) is 12.1 Å². The second-order valence-electron chi connectivity index (χ2n) is 7.29. The molecule has 0 unspecified atom stereocenters. The van der Waals surface area contributed by atoms with Crippen molar-refractivity contribution >= 4 is 27.3 Å².